The molecule has 0 heterocycles. The number of nitrogens with two attached hydrogens (primary N) is 1. The number of carbonyl (C=O) groups is 1. The van der Waals surface area contributed by atoms with Crippen LogP contribution in [0, 0.1) is 0 Å². The van der Waals surface area contributed by atoms with Crippen LogP contribution in [0.25, 0.3) is 0 Å². The highest BCUT2D eigenvalue weighted by Crippen LogP contribution is 2.20. The number of hydrogen-bond acceptors (Lipinski definition) is 3. The number of benzene rings is 2. The normalized spacial score (nSPS) is 10.2. The monoisotopic (exact) mass is 339 g/mol. The van der Waals surface area contributed by atoms with Gasteiger partial charge in [0.05, 0.1) is 5.56 Å². The van der Waals surface area contributed by atoms with Crippen molar-refractivity contribution in [3.05, 3.63) is 63.1 Å². The fraction of sp³-hybridized carbons (Fsp3) is 0.0714. The summed E-state index contributed by atoms with van der Waals surface area (Å²) in [4.78, 5) is 11.9. The first-order valence-electron chi connectivity index (χ1n) is 5.53. The number of anilines is 1. The number of rotatable bonds is 3. The van der Waals surface area contributed by atoms with Crippen molar-refractivity contribution in [2.45, 2.75) is 6.61 Å². The van der Waals surface area contributed by atoms with E-state index in [2.05, 4.69) is 15.9 Å². The SMILES string of the molecule is Nc1cc(Cl)cc(C(=O)OCc2ccccc2Br)c1. The molecule has 0 saturated heterocycles. The van der Waals surface area contributed by atoms with Crippen molar-refractivity contribution in [2.24, 2.45) is 0 Å². The van der Waals surface area contributed by atoms with E-state index in [0.717, 1.165) is 10.0 Å². The minimum absolute atomic E-state index is 0.187. The molecule has 0 unspecified atom stereocenters. The fourth-order valence-electron chi connectivity index (χ4n) is 1.57. The van der Waals surface area contributed by atoms with Crippen LogP contribution in [0.2, 0.25) is 5.02 Å². The maximum absolute atomic E-state index is 11.9. The molecule has 0 bridgehead atoms. The van der Waals surface area contributed by atoms with Gasteiger partial charge in [-0.25, -0.2) is 4.79 Å². The summed E-state index contributed by atoms with van der Waals surface area (Å²) >= 11 is 9.23. The zero-order chi connectivity index (χ0) is 13.8. The second-order valence-corrected chi connectivity index (χ2v) is 5.23. The molecule has 5 heteroatoms. The zero-order valence-electron chi connectivity index (χ0n) is 9.90. The highest BCUT2D eigenvalue weighted by atomic mass is 79.9. The Labute approximate surface area is 124 Å². The molecule has 0 aromatic heterocycles. The Kier molecular flexibility index (Phi) is 4.45. The molecule has 2 rings (SSSR count). The number of ether oxygens (including phenoxy) is 1. The van der Waals surface area contributed by atoms with Crippen LogP contribution in [0.1, 0.15) is 15.9 Å². The predicted molar refractivity (Wildman–Crippen MR) is 79.1 cm³/mol. The van der Waals surface area contributed by atoms with Crippen LogP contribution >= 0.6 is 27.5 Å². The summed E-state index contributed by atoms with van der Waals surface area (Å²) in [6.07, 6.45) is 0. The summed E-state index contributed by atoms with van der Waals surface area (Å²) in [5.41, 5.74) is 7.30. The van der Waals surface area contributed by atoms with Gasteiger partial charge < -0.3 is 10.5 Å². The summed E-state index contributed by atoms with van der Waals surface area (Å²) < 4.78 is 6.12. The summed E-state index contributed by atoms with van der Waals surface area (Å²) in [7, 11) is 0. The van der Waals surface area contributed by atoms with E-state index in [1.165, 1.54) is 12.1 Å². The van der Waals surface area contributed by atoms with Crippen molar-refractivity contribution in [1.29, 1.82) is 0 Å². The third-order valence-corrected chi connectivity index (χ3v) is 3.46. The zero-order valence-corrected chi connectivity index (χ0v) is 12.2. The molecule has 98 valence electrons. The van der Waals surface area contributed by atoms with Gasteiger partial charge in [0.15, 0.2) is 0 Å². The largest absolute Gasteiger partial charge is 0.457 e. The van der Waals surface area contributed by atoms with Crippen LogP contribution in [0.15, 0.2) is 46.9 Å². The van der Waals surface area contributed by atoms with Crippen molar-refractivity contribution in [1.82, 2.24) is 0 Å². The number of halogens is 2. The van der Waals surface area contributed by atoms with E-state index in [0.29, 0.717) is 16.3 Å². The molecule has 0 fully saturated rings. The van der Waals surface area contributed by atoms with Gasteiger partial charge in [-0.15, -0.1) is 0 Å². The van der Waals surface area contributed by atoms with Gasteiger partial charge in [0.1, 0.15) is 6.61 Å². The number of hydrogen-bond donors (Lipinski definition) is 1. The van der Waals surface area contributed by atoms with E-state index in [4.69, 9.17) is 22.1 Å². The van der Waals surface area contributed by atoms with E-state index in [1.807, 2.05) is 24.3 Å². The van der Waals surface area contributed by atoms with Crippen molar-refractivity contribution in [2.75, 3.05) is 5.73 Å². The van der Waals surface area contributed by atoms with Gasteiger partial charge in [-0.3, -0.25) is 0 Å². The first-order valence-corrected chi connectivity index (χ1v) is 6.70. The number of esters is 1. The van der Waals surface area contributed by atoms with E-state index in [9.17, 15) is 4.79 Å². The second-order valence-electron chi connectivity index (χ2n) is 3.94. The van der Waals surface area contributed by atoms with Gasteiger partial charge >= 0.3 is 5.97 Å². The molecule has 0 radical (unpaired) electrons. The molecule has 0 saturated carbocycles. The maximum atomic E-state index is 11.9. The van der Waals surface area contributed by atoms with Crippen molar-refractivity contribution in [3.63, 3.8) is 0 Å². The molecule has 19 heavy (non-hydrogen) atoms. The second kappa shape index (κ2) is 6.08. The minimum atomic E-state index is -0.454. The lowest BCUT2D eigenvalue weighted by Crippen LogP contribution is -2.06. The topological polar surface area (TPSA) is 52.3 Å². The van der Waals surface area contributed by atoms with E-state index in [1.54, 1.807) is 6.07 Å². The van der Waals surface area contributed by atoms with Crippen molar-refractivity contribution >= 4 is 39.2 Å². The van der Waals surface area contributed by atoms with Gasteiger partial charge in [0.2, 0.25) is 0 Å². The average molecular weight is 341 g/mol. The Bertz CT molecular complexity index is 596. The van der Waals surface area contributed by atoms with Gasteiger partial charge in [-0.05, 0) is 24.3 Å². The Morgan fingerprint density at radius 3 is 2.68 bits per heavy atom. The third kappa shape index (κ3) is 3.72. The molecule has 0 amide bonds. The molecule has 0 aliphatic carbocycles. The van der Waals surface area contributed by atoms with Crippen LogP contribution in [0.3, 0.4) is 0 Å². The summed E-state index contributed by atoms with van der Waals surface area (Å²) in [5.74, 6) is -0.454. The van der Waals surface area contributed by atoms with Crippen LogP contribution in [0.5, 0.6) is 0 Å². The van der Waals surface area contributed by atoms with Crippen LogP contribution in [-0.2, 0) is 11.3 Å². The number of nitrogen functional groups attached to an aromatic ring is 1. The molecule has 0 aliphatic rings. The highest BCUT2D eigenvalue weighted by Gasteiger charge is 2.10. The van der Waals surface area contributed by atoms with Gasteiger partial charge in [0, 0.05) is 20.7 Å². The molecule has 0 spiro atoms. The predicted octanol–water partition coefficient (Wildman–Crippen LogP) is 4.04. The molecule has 0 aliphatic heterocycles. The maximum Gasteiger partial charge on any atom is 0.338 e. The molecule has 2 aromatic rings. The molecule has 2 N–H and O–H groups in total. The molecule has 3 nitrogen and oxygen atoms in total. The fourth-order valence-corrected chi connectivity index (χ4v) is 2.22. The van der Waals surface area contributed by atoms with Gasteiger partial charge in [-0.2, -0.15) is 0 Å². The van der Waals surface area contributed by atoms with E-state index >= 15 is 0 Å². The quantitative estimate of drug-likeness (QED) is 0.677. The standard InChI is InChI=1S/C14H11BrClNO2/c15-13-4-2-1-3-9(13)8-19-14(18)10-5-11(16)7-12(17)6-10/h1-7H,8,17H2. The first kappa shape index (κ1) is 13.9. The molecule has 0 atom stereocenters. The van der Waals surface area contributed by atoms with Crippen molar-refractivity contribution in [3.8, 4) is 0 Å². The van der Waals surface area contributed by atoms with Crippen LogP contribution in [0.4, 0.5) is 5.69 Å². The molecular weight excluding hydrogens is 330 g/mol. The Hall–Kier alpha value is -1.52. The summed E-state index contributed by atoms with van der Waals surface area (Å²) in [6.45, 7) is 0.187. The summed E-state index contributed by atoms with van der Waals surface area (Å²) in [6, 6.07) is 12.2. The van der Waals surface area contributed by atoms with E-state index < -0.39 is 5.97 Å². The Balaban J connectivity index is 2.08. The number of carbonyl (C=O) groups excluding carboxylic acids is 1. The smallest absolute Gasteiger partial charge is 0.338 e. The molecule has 2 aromatic carbocycles. The lowest BCUT2D eigenvalue weighted by Gasteiger charge is -2.07. The summed E-state index contributed by atoms with van der Waals surface area (Å²) in [5, 5.41) is 0.410. The van der Waals surface area contributed by atoms with Gasteiger partial charge in [0.25, 0.3) is 0 Å². The van der Waals surface area contributed by atoms with Crippen LogP contribution < -0.4 is 5.73 Å². The van der Waals surface area contributed by atoms with Gasteiger partial charge in [-0.1, -0.05) is 45.7 Å². The van der Waals surface area contributed by atoms with Crippen molar-refractivity contribution < 1.29 is 9.53 Å². The van der Waals surface area contributed by atoms with E-state index in [-0.39, 0.29) is 6.61 Å². The lowest BCUT2D eigenvalue weighted by atomic mass is 10.2. The highest BCUT2D eigenvalue weighted by molar-refractivity contribution is 9.10. The molecular formula is C14H11BrClNO2. The Morgan fingerprint density at radius 2 is 2.00 bits per heavy atom. The Morgan fingerprint density at radius 1 is 1.26 bits per heavy atom. The minimum Gasteiger partial charge on any atom is -0.457 e. The first-order chi connectivity index (χ1) is 9.06. The average Bonchev–Trinajstić information content (AvgIpc) is 2.36. The third-order valence-electron chi connectivity index (χ3n) is 2.47. The van der Waals surface area contributed by atoms with Crippen LogP contribution in [-0.4, -0.2) is 5.97 Å². The lowest BCUT2D eigenvalue weighted by molar-refractivity contribution is 0.0472.